The van der Waals surface area contributed by atoms with Gasteiger partial charge in [-0.2, -0.15) is 0 Å². The average molecular weight is 316 g/mol. The molecule has 120 valence electrons. The van der Waals surface area contributed by atoms with Gasteiger partial charge in [0.05, 0.1) is 29.7 Å². The molecule has 3 fully saturated rings. The summed E-state index contributed by atoms with van der Waals surface area (Å²) in [6, 6.07) is 0. The van der Waals surface area contributed by atoms with E-state index in [4.69, 9.17) is 0 Å². The van der Waals surface area contributed by atoms with Crippen LogP contribution in [-0.2, 0) is 14.6 Å². The van der Waals surface area contributed by atoms with Crippen molar-refractivity contribution in [2.75, 3.05) is 31.1 Å². The van der Waals surface area contributed by atoms with Gasteiger partial charge in [-0.25, -0.2) is 8.42 Å². The Hall–Kier alpha value is -0.660. The van der Waals surface area contributed by atoms with Crippen LogP contribution in [0.25, 0.3) is 0 Å². The van der Waals surface area contributed by atoms with Crippen LogP contribution in [-0.4, -0.2) is 67.1 Å². The number of fused-ring (bicyclic) bond motifs is 1. The van der Waals surface area contributed by atoms with Gasteiger partial charge >= 0.3 is 0 Å². The quantitative estimate of drug-likeness (QED) is 0.725. The van der Waals surface area contributed by atoms with E-state index in [2.05, 4.69) is 10.2 Å². The Morgan fingerprint density at radius 1 is 1.38 bits per heavy atom. The molecule has 2 heterocycles. The number of likely N-dealkylation sites (tertiary alicyclic amines) is 1. The molecule has 2 N–H and O–H groups in total. The van der Waals surface area contributed by atoms with Crippen molar-refractivity contribution in [2.45, 2.75) is 37.8 Å². The van der Waals surface area contributed by atoms with Crippen molar-refractivity contribution in [3.63, 3.8) is 0 Å². The molecule has 21 heavy (non-hydrogen) atoms. The summed E-state index contributed by atoms with van der Waals surface area (Å²) in [5.74, 6) is 0.902. The van der Waals surface area contributed by atoms with Gasteiger partial charge in [-0.1, -0.05) is 0 Å². The van der Waals surface area contributed by atoms with Crippen molar-refractivity contribution in [3.05, 3.63) is 0 Å². The van der Waals surface area contributed by atoms with Crippen molar-refractivity contribution in [2.24, 2.45) is 11.8 Å². The van der Waals surface area contributed by atoms with Gasteiger partial charge in [0, 0.05) is 19.0 Å². The van der Waals surface area contributed by atoms with Crippen LogP contribution < -0.4 is 5.32 Å². The minimum Gasteiger partial charge on any atom is -0.393 e. The molecule has 2 aliphatic heterocycles. The zero-order chi connectivity index (χ0) is 15.3. The number of carbonyl (C=O) groups is 1. The van der Waals surface area contributed by atoms with Crippen LogP contribution in [0.5, 0.6) is 0 Å². The lowest BCUT2D eigenvalue weighted by molar-refractivity contribution is -0.123. The topological polar surface area (TPSA) is 86.7 Å². The Balaban J connectivity index is 1.52. The van der Waals surface area contributed by atoms with Gasteiger partial charge in [0.1, 0.15) is 0 Å². The highest BCUT2D eigenvalue weighted by atomic mass is 32.2. The average Bonchev–Trinajstić information content (AvgIpc) is 2.96. The van der Waals surface area contributed by atoms with Gasteiger partial charge in [0.15, 0.2) is 9.84 Å². The number of hydrogen-bond donors (Lipinski definition) is 2. The Morgan fingerprint density at radius 2 is 2.14 bits per heavy atom. The first-order chi connectivity index (χ1) is 9.76. The fourth-order valence-electron chi connectivity index (χ4n) is 4.15. The SMILES string of the molecule is CC1(NC(=O)CN2CC3CCC(O)C3C2)CCS(=O)(=O)C1. The highest BCUT2D eigenvalue weighted by molar-refractivity contribution is 7.91. The first-order valence-electron chi connectivity index (χ1n) is 7.68. The Labute approximate surface area is 125 Å². The van der Waals surface area contributed by atoms with E-state index in [9.17, 15) is 18.3 Å². The summed E-state index contributed by atoms with van der Waals surface area (Å²) in [5.41, 5.74) is -0.620. The molecule has 0 aromatic heterocycles. The van der Waals surface area contributed by atoms with Crippen molar-refractivity contribution in [1.82, 2.24) is 10.2 Å². The summed E-state index contributed by atoms with van der Waals surface area (Å²) >= 11 is 0. The van der Waals surface area contributed by atoms with Crippen LogP contribution in [0.4, 0.5) is 0 Å². The van der Waals surface area contributed by atoms with E-state index in [1.807, 2.05) is 0 Å². The van der Waals surface area contributed by atoms with E-state index in [1.165, 1.54) is 0 Å². The predicted octanol–water partition coefficient (Wildman–Crippen LogP) is -0.617. The molecule has 0 aromatic rings. The first kappa shape index (κ1) is 15.2. The number of carbonyl (C=O) groups excluding carboxylic acids is 1. The summed E-state index contributed by atoms with van der Waals surface area (Å²) in [6.45, 7) is 3.74. The van der Waals surface area contributed by atoms with Gasteiger partial charge in [0.2, 0.25) is 5.91 Å². The number of nitrogens with zero attached hydrogens (tertiary/aromatic N) is 1. The van der Waals surface area contributed by atoms with E-state index in [-0.39, 0.29) is 23.5 Å². The molecule has 1 aliphatic carbocycles. The third-order valence-electron chi connectivity index (χ3n) is 5.21. The second-order valence-electron chi connectivity index (χ2n) is 7.21. The van der Waals surface area contributed by atoms with Crippen molar-refractivity contribution in [1.29, 1.82) is 0 Å². The monoisotopic (exact) mass is 316 g/mol. The van der Waals surface area contributed by atoms with Crippen molar-refractivity contribution < 1.29 is 18.3 Å². The summed E-state index contributed by atoms with van der Waals surface area (Å²) in [7, 11) is -3.01. The zero-order valence-electron chi connectivity index (χ0n) is 12.4. The van der Waals surface area contributed by atoms with Gasteiger partial charge in [-0.15, -0.1) is 0 Å². The van der Waals surface area contributed by atoms with Crippen LogP contribution in [0.2, 0.25) is 0 Å². The van der Waals surface area contributed by atoms with Crippen LogP contribution in [0.3, 0.4) is 0 Å². The molecule has 4 unspecified atom stereocenters. The Morgan fingerprint density at radius 3 is 2.76 bits per heavy atom. The van der Waals surface area contributed by atoms with Crippen molar-refractivity contribution >= 4 is 15.7 Å². The normalized spacial score (nSPS) is 42.1. The highest BCUT2D eigenvalue weighted by Gasteiger charge is 2.43. The summed E-state index contributed by atoms with van der Waals surface area (Å²) in [4.78, 5) is 14.2. The molecule has 1 amide bonds. The van der Waals surface area contributed by atoms with Crippen molar-refractivity contribution in [3.8, 4) is 0 Å². The molecule has 0 radical (unpaired) electrons. The summed E-state index contributed by atoms with van der Waals surface area (Å²) in [5, 5.41) is 12.8. The Bertz CT molecular complexity index is 535. The third kappa shape index (κ3) is 3.24. The molecule has 0 spiro atoms. The Kier molecular flexibility index (Phi) is 3.78. The van der Waals surface area contributed by atoms with E-state index < -0.39 is 15.4 Å². The number of amides is 1. The second kappa shape index (κ2) is 5.21. The van der Waals surface area contributed by atoms with E-state index in [1.54, 1.807) is 6.92 Å². The maximum Gasteiger partial charge on any atom is 0.234 e. The van der Waals surface area contributed by atoms with Crippen LogP contribution in [0.1, 0.15) is 26.2 Å². The minimum atomic E-state index is -3.01. The van der Waals surface area contributed by atoms with Gasteiger partial charge in [-0.05, 0) is 32.1 Å². The molecule has 0 aromatic carbocycles. The molecular formula is C14H24N2O4S. The van der Waals surface area contributed by atoms with Crippen LogP contribution in [0, 0.1) is 11.8 Å². The molecule has 4 atom stereocenters. The molecule has 7 heteroatoms. The van der Waals surface area contributed by atoms with E-state index in [0.717, 1.165) is 25.9 Å². The van der Waals surface area contributed by atoms with Crippen LogP contribution >= 0.6 is 0 Å². The van der Waals surface area contributed by atoms with Gasteiger partial charge in [-0.3, -0.25) is 9.69 Å². The standard InChI is InChI=1S/C14H24N2O4S/c1-14(4-5-21(19,20)9-14)15-13(18)8-16-6-10-2-3-12(17)11(10)7-16/h10-12,17H,2-9H2,1H3,(H,15,18). The zero-order valence-corrected chi connectivity index (χ0v) is 13.2. The predicted molar refractivity (Wildman–Crippen MR) is 78.5 cm³/mol. The van der Waals surface area contributed by atoms with Crippen LogP contribution in [0.15, 0.2) is 0 Å². The number of sulfone groups is 1. The highest BCUT2D eigenvalue weighted by Crippen LogP contribution is 2.37. The molecule has 0 bridgehead atoms. The molecule has 2 saturated heterocycles. The molecule has 3 aliphatic rings. The maximum absolute atomic E-state index is 12.2. The lowest BCUT2D eigenvalue weighted by Crippen LogP contribution is -2.50. The van der Waals surface area contributed by atoms with Gasteiger partial charge in [0.25, 0.3) is 0 Å². The fourth-order valence-corrected chi connectivity index (χ4v) is 6.24. The number of hydrogen-bond acceptors (Lipinski definition) is 5. The summed E-state index contributed by atoms with van der Waals surface area (Å²) in [6.07, 6.45) is 2.19. The molecular weight excluding hydrogens is 292 g/mol. The number of aliphatic hydroxyl groups excluding tert-OH is 1. The molecule has 1 saturated carbocycles. The lowest BCUT2D eigenvalue weighted by Gasteiger charge is -2.26. The van der Waals surface area contributed by atoms with Gasteiger partial charge < -0.3 is 10.4 Å². The van der Waals surface area contributed by atoms with E-state index >= 15 is 0 Å². The third-order valence-corrected chi connectivity index (χ3v) is 7.11. The largest absolute Gasteiger partial charge is 0.393 e. The number of nitrogens with one attached hydrogen (secondary N) is 1. The minimum absolute atomic E-state index is 0.0374. The number of rotatable bonds is 3. The second-order valence-corrected chi connectivity index (χ2v) is 9.40. The fraction of sp³-hybridized carbons (Fsp3) is 0.929. The summed E-state index contributed by atoms with van der Waals surface area (Å²) < 4.78 is 23.1. The molecule has 6 nitrogen and oxygen atoms in total. The maximum atomic E-state index is 12.2. The number of aliphatic hydroxyl groups is 1. The lowest BCUT2D eigenvalue weighted by atomic mass is 10.00. The smallest absolute Gasteiger partial charge is 0.234 e. The first-order valence-corrected chi connectivity index (χ1v) is 9.50. The van der Waals surface area contributed by atoms with E-state index in [0.29, 0.717) is 24.8 Å². The molecule has 3 rings (SSSR count).